The third kappa shape index (κ3) is 1.99. The van der Waals surface area contributed by atoms with Crippen molar-refractivity contribution < 1.29 is 14.6 Å². The van der Waals surface area contributed by atoms with E-state index in [1.165, 1.54) is 6.20 Å². The highest BCUT2D eigenvalue weighted by atomic mass is 16.5. The molecule has 2 aromatic heterocycles. The molecule has 20 heavy (non-hydrogen) atoms. The molecule has 0 radical (unpaired) electrons. The number of carboxylic acids is 1. The SMILES string of the molecule is COc1ccc2[nH]cc(-c3ccc(C(=O)O)cn3)c2c1. The number of hydrogen-bond donors (Lipinski definition) is 2. The zero-order valence-corrected chi connectivity index (χ0v) is 10.8. The van der Waals surface area contributed by atoms with Crippen LogP contribution in [-0.2, 0) is 0 Å². The van der Waals surface area contributed by atoms with Crippen LogP contribution in [0.4, 0.5) is 0 Å². The van der Waals surface area contributed by atoms with Gasteiger partial charge in [0, 0.05) is 28.9 Å². The number of ether oxygens (including phenoxy) is 1. The summed E-state index contributed by atoms with van der Waals surface area (Å²) in [6.07, 6.45) is 3.21. The number of aromatic amines is 1. The van der Waals surface area contributed by atoms with Crippen LogP contribution in [0.1, 0.15) is 10.4 Å². The number of methoxy groups -OCH3 is 1. The third-order valence-electron chi connectivity index (χ3n) is 3.18. The zero-order valence-electron chi connectivity index (χ0n) is 10.8. The van der Waals surface area contributed by atoms with E-state index in [9.17, 15) is 4.79 Å². The van der Waals surface area contributed by atoms with Gasteiger partial charge in [0.1, 0.15) is 5.75 Å². The molecular formula is C15H12N2O3. The molecule has 5 heteroatoms. The van der Waals surface area contributed by atoms with Crippen LogP contribution in [0.25, 0.3) is 22.2 Å². The van der Waals surface area contributed by atoms with Crippen molar-refractivity contribution in [2.75, 3.05) is 7.11 Å². The highest BCUT2D eigenvalue weighted by Crippen LogP contribution is 2.30. The van der Waals surface area contributed by atoms with Gasteiger partial charge in [-0.3, -0.25) is 4.98 Å². The summed E-state index contributed by atoms with van der Waals surface area (Å²) in [5.41, 5.74) is 2.78. The molecule has 5 nitrogen and oxygen atoms in total. The molecule has 1 aromatic carbocycles. The number of benzene rings is 1. The second-order valence-electron chi connectivity index (χ2n) is 4.35. The Kier molecular flexibility index (Phi) is 2.87. The smallest absolute Gasteiger partial charge is 0.337 e. The minimum absolute atomic E-state index is 0.172. The minimum Gasteiger partial charge on any atom is -0.497 e. The van der Waals surface area contributed by atoms with Crippen LogP contribution in [-0.4, -0.2) is 28.2 Å². The van der Waals surface area contributed by atoms with Crippen molar-refractivity contribution in [1.29, 1.82) is 0 Å². The topological polar surface area (TPSA) is 75.2 Å². The van der Waals surface area contributed by atoms with Crippen molar-refractivity contribution in [2.24, 2.45) is 0 Å². The predicted molar refractivity (Wildman–Crippen MR) is 75.0 cm³/mol. The number of aromatic nitrogens is 2. The lowest BCUT2D eigenvalue weighted by molar-refractivity contribution is 0.0696. The van der Waals surface area contributed by atoms with Crippen LogP contribution < -0.4 is 4.74 Å². The molecule has 0 aliphatic rings. The van der Waals surface area contributed by atoms with E-state index in [0.717, 1.165) is 27.9 Å². The van der Waals surface area contributed by atoms with E-state index >= 15 is 0 Å². The van der Waals surface area contributed by atoms with Crippen LogP contribution in [0, 0.1) is 0 Å². The molecular weight excluding hydrogens is 256 g/mol. The van der Waals surface area contributed by atoms with Crippen molar-refractivity contribution >= 4 is 16.9 Å². The number of pyridine rings is 1. The fourth-order valence-corrected chi connectivity index (χ4v) is 2.12. The Hall–Kier alpha value is -2.82. The number of nitrogens with one attached hydrogen (secondary N) is 1. The van der Waals surface area contributed by atoms with E-state index in [-0.39, 0.29) is 5.56 Å². The molecule has 0 saturated carbocycles. The number of hydrogen-bond acceptors (Lipinski definition) is 3. The van der Waals surface area contributed by atoms with Crippen molar-refractivity contribution in [3.8, 4) is 17.0 Å². The molecule has 0 spiro atoms. The molecule has 0 saturated heterocycles. The quantitative estimate of drug-likeness (QED) is 0.765. The van der Waals surface area contributed by atoms with Gasteiger partial charge < -0.3 is 14.8 Å². The monoisotopic (exact) mass is 268 g/mol. The summed E-state index contributed by atoms with van der Waals surface area (Å²) >= 11 is 0. The maximum Gasteiger partial charge on any atom is 0.337 e. The number of carbonyl (C=O) groups is 1. The number of rotatable bonds is 3. The summed E-state index contributed by atoms with van der Waals surface area (Å²) in [5.74, 6) is -0.217. The second kappa shape index (κ2) is 4.70. The fourth-order valence-electron chi connectivity index (χ4n) is 2.12. The van der Waals surface area contributed by atoms with Crippen LogP contribution >= 0.6 is 0 Å². The predicted octanol–water partition coefficient (Wildman–Crippen LogP) is 2.94. The average molecular weight is 268 g/mol. The lowest BCUT2D eigenvalue weighted by Gasteiger charge is -2.02. The first-order chi connectivity index (χ1) is 9.69. The summed E-state index contributed by atoms with van der Waals surface area (Å²) in [4.78, 5) is 18.2. The van der Waals surface area contributed by atoms with Crippen molar-refractivity contribution in [3.63, 3.8) is 0 Å². The Bertz CT molecular complexity index is 775. The first kappa shape index (κ1) is 12.2. The van der Waals surface area contributed by atoms with Gasteiger partial charge in [-0.15, -0.1) is 0 Å². The minimum atomic E-state index is -0.982. The van der Waals surface area contributed by atoms with Gasteiger partial charge in [0.15, 0.2) is 0 Å². The molecule has 0 fully saturated rings. The van der Waals surface area contributed by atoms with E-state index in [1.807, 2.05) is 24.4 Å². The van der Waals surface area contributed by atoms with Crippen molar-refractivity contribution in [1.82, 2.24) is 9.97 Å². The first-order valence-corrected chi connectivity index (χ1v) is 6.04. The fraction of sp³-hybridized carbons (Fsp3) is 0.0667. The van der Waals surface area contributed by atoms with Gasteiger partial charge in [-0.05, 0) is 30.3 Å². The highest BCUT2D eigenvalue weighted by Gasteiger charge is 2.10. The van der Waals surface area contributed by atoms with Gasteiger partial charge >= 0.3 is 5.97 Å². The molecule has 2 N–H and O–H groups in total. The molecule has 3 aromatic rings. The molecule has 2 heterocycles. The Morgan fingerprint density at radius 3 is 2.80 bits per heavy atom. The largest absolute Gasteiger partial charge is 0.497 e. The zero-order chi connectivity index (χ0) is 14.1. The Morgan fingerprint density at radius 1 is 1.30 bits per heavy atom. The van der Waals surface area contributed by atoms with Crippen LogP contribution in [0.3, 0.4) is 0 Å². The van der Waals surface area contributed by atoms with Gasteiger partial charge in [-0.25, -0.2) is 4.79 Å². The van der Waals surface area contributed by atoms with Crippen molar-refractivity contribution in [2.45, 2.75) is 0 Å². The van der Waals surface area contributed by atoms with Gasteiger partial charge in [0.2, 0.25) is 0 Å². The number of H-pyrrole nitrogens is 1. The van der Waals surface area contributed by atoms with E-state index in [2.05, 4.69) is 9.97 Å². The normalized spacial score (nSPS) is 10.7. The van der Waals surface area contributed by atoms with Crippen molar-refractivity contribution in [3.05, 3.63) is 48.3 Å². The van der Waals surface area contributed by atoms with Crippen LogP contribution in [0.15, 0.2) is 42.7 Å². The Labute approximate surface area is 114 Å². The number of nitrogens with zero attached hydrogens (tertiary/aromatic N) is 1. The Morgan fingerprint density at radius 2 is 2.15 bits per heavy atom. The second-order valence-corrected chi connectivity index (χ2v) is 4.35. The molecule has 0 aliphatic heterocycles. The first-order valence-electron chi connectivity index (χ1n) is 6.04. The maximum atomic E-state index is 10.8. The lowest BCUT2D eigenvalue weighted by Crippen LogP contribution is -1.96. The highest BCUT2D eigenvalue weighted by molar-refractivity contribution is 5.96. The molecule has 100 valence electrons. The van der Waals surface area contributed by atoms with Gasteiger partial charge in [0.05, 0.1) is 18.4 Å². The molecule has 0 atom stereocenters. The summed E-state index contributed by atoms with van der Waals surface area (Å²) in [6, 6.07) is 8.98. The molecule has 0 unspecified atom stereocenters. The van der Waals surface area contributed by atoms with E-state index in [0.29, 0.717) is 0 Å². The van der Waals surface area contributed by atoms with Gasteiger partial charge in [-0.2, -0.15) is 0 Å². The number of carboxylic acid groups (broad SMARTS) is 1. The van der Waals surface area contributed by atoms with E-state index < -0.39 is 5.97 Å². The summed E-state index contributed by atoms with van der Waals surface area (Å²) in [7, 11) is 1.62. The lowest BCUT2D eigenvalue weighted by atomic mass is 10.1. The summed E-state index contributed by atoms with van der Waals surface area (Å²) in [5, 5.41) is 9.87. The molecule has 0 amide bonds. The van der Waals surface area contributed by atoms with Gasteiger partial charge in [-0.1, -0.05) is 0 Å². The third-order valence-corrected chi connectivity index (χ3v) is 3.18. The summed E-state index contributed by atoms with van der Waals surface area (Å²) < 4.78 is 5.22. The van der Waals surface area contributed by atoms with E-state index in [4.69, 9.17) is 9.84 Å². The summed E-state index contributed by atoms with van der Waals surface area (Å²) in [6.45, 7) is 0. The average Bonchev–Trinajstić information content (AvgIpc) is 2.90. The van der Waals surface area contributed by atoms with Crippen LogP contribution in [0.5, 0.6) is 5.75 Å². The molecule has 3 rings (SSSR count). The number of fused-ring (bicyclic) bond motifs is 1. The Balaban J connectivity index is 2.11. The number of aromatic carboxylic acids is 1. The maximum absolute atomic E-state index is 10.8. The van der Waals surface area contributed by atoms with Gasteiger partial charge in [0.25, 0.3) is 0 Å². The van der Waals surface area contributed by atoms with E-state index in [1.54, 1.807) is 19.2 Å². The standard InChI is InChI=1S/C15H12N2O3/c1-20-10-3-5-13-11(6-10)12(8-17-13)14-4-2-9(7-16-14)15(18)19/h2-8,17H,1H3,(H,18,19). The molecule has 0 bridgehead atoms. The van der Waals surface area contributed by atoms with Crippen LogP contribution in [0.2, 0.25) is 0 Å². The molecule has 0 aliphatic carbocycles.